The molecule has 2 aromatic rings. The first-order valence-corrected chi connectivity index (χ1v) is 11.6. The van der Waals surface area contributed by atoms with Gasteiger partial charge in [-0.1, -0.05) is 55.7 Å². The van der Waals surface area contributed by atoms with Gasteiger partial charge in [-0.2, -0.15) is 0 Å². The highest BCUT2D eigenvalue weighted by Crippen LogP contribution is 2.29. The molecule has 31 heavy (non-hydrogen) atoms. The highest BCUT2D eigenvalue weighted by molar-refractivity contribution is 5.43. The molecule has 5 nitrogen and oxygen atoms in total. The highest BCUT2D eigenvalue weighted by atomic mass is 16.5. The van der Waals surface area contributed by atoms with Gasteiger partial charge in [0.25, 0.3) is 0 Å². The summed E-state index contributed by atoms with van der Waals surface area (Å²) in [6, 6.07) is 16.5. The first-order valence-electron chi connectivity index (χ1n) is 11.6. The molecule has 0 aliphatic carbocycles. The van der Waals surface area contributed by atoms with Gasteiger partial charge in [-0.05, 0) is 56.2 Å². The number of aliphatic hydroxyl groups excluding tert-OH is 1. The molecule has 1 atom stereocenters. The Hall–Kier alpha value is -2.08. The average molecular weight is 427 g/mol. The fraction of sp³-hybridized carbons (Fsp3) is 0.538. The van der Waals surface area contributed by atoms with Crippen molar-refractivity contribution in [2.24, 2.45) is 0 Å². The molecule has 0 bridgehead atoms. The SMILES string of the molecule is COc1cc(CN(C)Cc2ccccc2)ccc1OC[C@@H](O)CN1CCCCCCC1. The molecule has 0 radical (unpaired) electrons. The van der Waals surface area contributed by atoms with Crippen LogP contribution in [-0.2, 0) is 13.1 Å². The lowest BCUT2D eigenvalue weighted by Gasteiger charge is -2.26. The molecular formula is C26H38N2O3. The second-order valence-corrected chi connectivity index (χ2v) is 8.68. The summed E-state index contributed by atoms with van der Waals surface area (Å²) >= 11 is 0. The van der Waals surface area contributed by atoms with Gasteiger partial charge in [0.15, 0.2) is 11.5 Å². The maximum atomic E-state index is 10.5. The summed E-state index contributed by atoms with van der Waals surface area (Å²) in [6.45, 7) is 4.81. The molecule has 0 amide bonds. The number of methoxy groups -OCH3 is 1. The Labute approximate surface area is 187 Å². The molecule has 0 spiro atoms. The Morgan fingerprint density at radius 3 is 2.29 bits per heavy atom. The quantitative estimate of drug-likeness (QED) is 0.613. The van der Waals surface area contributed by atoms with Crippen molar-refractivity contribution in [1.82, 2.24) is 9.80 Å². The normalized spacial score (nSPS) is 16.5. The highest BCUT2D eigenvalue weighted by Gasteiger charge is 2.15. The zero-order chi connectivity index (χ0) is 21.9. The van der Waals surface area contributed by atoms with E-state index in [9.17, 15) is 5.11 Å². The number of nitrogens with zero attached hydrogens (tertiary/aromatic N) is 2. The van der Waals surface area contributed by atoms with Gasteiger partial charge in [-0.3, -0.25) is 4.90 Å². The van der Waals surface area contributed by atoms with Crippen LogP contribution in [0.15, 0.2) is 48.5 Å². The molecule has 0 aromatic heterocycles. The van der Waals surface area contributed by atoms with E-state index >= 15 is 0 Å². The molecule has 0 unspecified atom stereocenters. The summed E-state index contributed by atoms with van der Waals surface area (Å²) in [6.07, 6.45) is 5.89. The summed E-state index contributed by atoms with van der Waals surface area (Å²) in [5.74, 6) is 1.40. The minimum atomic E-state index is -0.499. The molecule has 170 valence electrons. The van der Waals surface area contributed by atoms with Gasteiger partial charge in [0.1, 0.15) is 12.7 Å². The van der Waals surface area contributed by atoms with Gasteiger partial charge in [0.2, 0.25) is 0 Å². The first kappa shape index (κ1) is 23.6. The fourth-order valence-electron chi connectivity index (χ4n) is 4.22. The molecular weight excluding hydrogens is 388 g/mol. The maximum Gasteiger partial charge on any atom is 0.161 e. The molecule has 1 saturated heterocycles. The monoisotopic (exact) mass is 426 g/mol. The number of hydrogen-bond acceptors (Lipinski definition) is 5. The van der Waals surface area contributed by atoms with E-state index in [1.165, 1.54) is 43.2 Å². The molecule has 0 saturated carbocycles. The van der Waals surface area contributed by atoms with Gasteiger partial charge in [-0.15, -0.1) is 0 Å². The van der Waals surface area contributed by atoms with E-state index in [0.29, 0.717) is 18.0 Å². The second kappa shape index (κ2) is 12.7. The Balaban J connectivity index is 1.49. The van der Waals surface area contributed by atoms with Gasteiger partial charge in [0.05, 0.1) is 7.11 Å². The average Bonchev–Trinajstić information content (AvgIpc) is 2.75. The van der Waals surface area contributed by atoms with Crippen LogP contribution in [0, 0.1) is 0 Å². The van der Waals surface area contributed by atoms with E-state index in [-0.39, 0.29) is 6.61 Å². The van der Waals surface area contributed by atoms with Crippen molar-refractivity contribution in [3.63, 3.8) is 0 Å². The largest absolute Gasteiger partial charge is 0.493 e. The molecule has 1 N–H and O–H groups in total. The van der Waals surface area contributed by atoms with Crippen LogP contribution < -0.4 is 9.47 Å². The topological polar surface area (TPSA) is 45.2 Å². The number of hydrogen-bond donors (Lipinski definition) is 1. The van der Waals surface area contributed by atoms with Crippen molar-refractivity contribution in [2.45, 2.75) is 51.3 Å². The van der Waals surface area contributed by atoms with Crippen LogP contribution in [0.1, 0.15) is 43.2 Å². The van der Waals surface area contributed by atoms with Crippen LogP contribution in [0.5, 0.6) is 11.5 Å². The van der Waals surface area contributed by atoms with Crippen LogP contribution in [0.3, 0.4) is 0 Å². The van der Waals surface area contributed by atoms with Crippen LogP contribution >= 0.6 is 0 Å². The van der Waals surface area contributed by atoms with E-state index < -0.39 is 6.10 Å². The van der Waals surface area contributed by atoms with Crippen molar-refractivity contribution >= 4 is 0 Å². The minimum absolute atomic E-state index is 0.278. The fourth-order valence-corrected chi connectivity index (χ4v) is 4.22. The molecule has 1 fully saturated rings. The lowest BCUT2D eigenvalue weighted by Crippen LogP contribution is -2.37. The van der Waals surface area contributed by atoms with Crippen LogP contribution in [0.2, 0.25) is 0 Å². The van der Waals surface area contributed by atoms with E-state index in [0.717, 1.165) is 26.2 Å². The van der Waals surface area contributed by atoms with E-state index in [4.69, 9.17) is 9.47 Å². The maximum absolute atomic E-state index is 10.5. The van der Waals surface area contributed by atoms with Crippen molar-refractivity contribution in [3.8, 4) is 11.5 Å². The molecule has 1 aliphatic heterocycles. The zero-order valence-electron chi connectivity index (χ0n) is 19.1. The van der Waals surface area contributed by atoms with E-state index in [2.05, 4.69) is 47.2 Å². The number of β-amino-alcohol motifs (C(OH)–C–C–N with tert-alkyl or cyclic N) is 1. The van der Waals surface area contributed by atoms with Gasteiger partial charge in [0, 0.05) is 19.6 Å². The molecule has 3 rings (SSSR count). The Kier molecular flexibility index (Phi) is 9.66. The van der Waals surface area contributed by atoms with Crippen molar-refractivity contribution in [2.75, 3.05) is 40.4 Å². The summed E-state index contributed by atoms with van der Waals surface area (Å²) < 4.78 is 11.5. The molecule has 1 heterocycles. The second-order valence-electron chi connectivity index (χ2n) is 8.68. The third kappa shape index (κ3) is 8.17. The third-order valence-corrected chi connectivity index (χ3v) is 5.82. The van der Waals surface area contributed by atoms with E-state index in [1.807, 2.05) is 18.2 Å². The Morgan fingerprint density at radius 2 is 1.58 bits per heavy atom. The zero-order valence-corrected chi connectivity index (χ0v) is 19.1. The number of likely N-dealkylation sites (tertiary alicyclic amines) is 1. The summed E-state index contributed by atoms with van der Waals surface area (Å²) in [5, 5.41) is 10.5. The predicted molar refractivity (Wildman–Crippen MR) is 126 cm³/mol. The summed E-state index contributed by atoms with van der Waals surface area (Å²) in [4.78, 5) is 4.65. The van der Waals surface area contributed by atoms with Gasteiger partial charge >= 0.3 is 0 Å². The van der Waals surface area contributed by atoms with Crippen LogP contribution in [-0.4, -0.2) is 61.4 Å². The smallest absolute Gasteiger partial charge is 0.161 e. The Bertz CT molecular complexity index is 761. The van der Waals surface area contributed by atoms with Gasteiger partial charge in [-0.25, -0.2) is 0 Å². The molecule has 2 aromatic carbocycles. The van der Waals surface area contributed by atoms with Crippen LogP contribution in [0.4, 0.5) is 0 Å². The summed E-state index contributed by atoms with van der Waals surface area (Å²) in [5.41, 5.74) is 2.47. The summed E-state index contributed by atoms with van der Waals surface area (Å²) in [7, 11) is 3.78. The minimum Gasteiger partial charge on any atom is -0.493 e. The standard InChI is InChI=1S/C26H38N2O3/c1-27(18-22-11-7-6-8-12-22)19-23-13-14-25(26(17-23)30-2)31-21-24(29)20-28-15-9-4-3-5-10-16-28/h6-8,11-14,17,24,29H,3-5,9-10,15-16,18-21H2,1-2H3/t24-/m0/s1. The van der Waals surface area contributed by atoms with Gasteiger partial charge < -0.3 is 19.5 Å². The van der Waals surface area contributed by atoms with Crippen molar-refractivity contribution < 1.29 is 14.6 Å². The lowest BCUT2D eigenvalue weighted by atomic mass is 10.1. The Morgan fingerprint density at radius 1 is 0.903 bits per heavy atom. The first-order chi connectivity index (χ1) is 15.1. The predicted octanol–water partition coefficient (Wildman–Crippen LogP) is 4.33. The van der Waals surface area contributed by atoms with E-state index in [1.54, 1.807) is 7.11 Å². The number of ether oxygens (including phenoxy) is 2. The van der Waals surface area contributed by atoms with Crippen LogP contribution in [0.25, 0.3) is 0 Å². The van der Waals surface area contributed by atoms with Crippen molar-refractivity contribution in [1.29, 1.82) is 0 Å². The number of aliphatic hydroxyl groups is 1. The van der Waals surface area contributed by atoms with Crippen molar-refractivity contribution in [3.05, 3.63) is 59.7 Å². The molecule has 1 aliphatic rings. The third-order valence-electron chi connectivity index (χ3n) is 5.82. The lowest BCUT2D eigenvalue weighted by molar-refractivity contribution is 0.0645. The molecule has 5 heteroatoms. The number of rotatable bonds is 10. The number of benzene rings is 2.